The fourth-order valence-corrected chi connectivity index (χ4v) is 2.45. The quantitative estimate of drug-likeness (QED) is 0.799. The zero-order valence-electron chi connectivity index (χ0n) is 13.5. The largest absolute Gasteiger partial charge is 0.382 e. The number of benzene rings is 1. The summed E-state index contributed by atoms with van der Waals surface area (Å²) in [7, 11) is 1.58. The molecule has 1 saturated heterocycles. The van der Waals surface area contributed by atoms with Crippen molar-refractivity contribution in [2.45, 2.75) is 19.6 Å². The van der Waals surface area contributed by atoms with Gasteiger partial charge in [-0.25, -0.2) is 4.39 Å². The van der Waals surface area contributed by atoms with Crippen LogP contribution in [-0.4, -0.2) is 56.8 Å². The lowest BCUT2D eigenvalue weighted by Gasteiger charge is -2.34. The Morgan fingerprint density at radius 3 is 2.91 bits per heavy atom. The molecule has 1 N–H and O–H groups in total. The summed E-state index contributed by atoms with van der Waals surface area (Å²) in [4.78, 5) is 14.4. The number of methoxy groups -OCH3 is 1. The summed E-state index contributed by atoms with van der Waals surface area (Å²) in [6.45, 7) is 5.21. The van der Waals surface area contributed by atoms with E-state index in [4.69, 9.17) is 9.47 Å². The van der Waals surface area contributed by atoms with E-state index in [-0.39, 0.29) is 36.8 Å². The van der Waals surface area contributed by atoms with Crippen LogP contribution in [0.5, 0.6) is 0 Å². The topological polar surface area (TPSA) is 50.8 Å². The van der Waals surface area contributed by atoms with Crippen molar-refractivity contribution < 1.29 is 18.7 Å². The van der Waals surface area contributed by atoms with Gasteiger partial charge in [0.2, 0.25) is 0 Å². The van der Waals surface area contributed by atoms with E-state index in [2.05, 4.69) is 5.32 Å². The van der Waals surface area contributed by atoms with E-state index < -0.39 is 0 Å². The molecular formula is C16H24ClFN2O3. The molecule has 0 spiro atoms. The summed E-state index contributed by atoms with van der Waals surface area (Å²) in [5, 5.41) is 3.25. The Morgan fingerprint density at radius 1 is 1.43 bits per heavy atom. The van der Waals surface area contributed by atoms with Gasteiger partial charge in [0.25, 0.3) is 5.91 Å². The maximum absolute atomic E-state index is 13.8. The maximum Gasteiger partial charge on any atom is 0.254 e. The summed E-state index contributed by atoms with van der Waals surface area (Å²) >= 11 is 0. The number of ether oxygens (including phenoxy) is 2. The second kappa shape index (κ2) is 9.82. The molecule has 0 radical (unpaired) electrons. The molecule has 0 unspecified atom stereocenters. The molecule has 1 amide bonds. The molecule has 0 saturated carbocycles. The van der Waals surface area contributed by atoms with Crippen molar-refractivity contribution in [1.82, 2.24) is 10.2 Å². The summed E-state index contributed by atoms with van der Waals surface area (Å²) < 4.78 is 24.0. The predicted molar refractivity (Wildman–Crippen MR) is 88.5 cm³/mol. The van der Waals surface area contributed by atoms with Gasteiger partial charge in [-0.3, -0.25) is 4.79 Å². The average molecular weight is 347 g/mol. The van der Waals surface area contributed by atoms with Crippen LogP contribution in [0.15, 0.2) is 18.2 Å². The first-order valence-electron chi connectivity index (χ1n) is 7.50. The van der Waals surface area contributed by atoms with Crippen LogP contribution in [0.4, 0.5) is 4.39 Å². The van der Waals surface area contributed by atoms with Gasteiger partial charge >= 0.3 is 0 Å². The Hall–Kier alpha value is -1.21. The molecule has 0 aliphatic carbocycles. The van der Waals surface area contributed by atoms with Crippen LogP contribution in [0.25, 0.3) is 0 Å². The molecule has 7 heteroatoms. The van der Waals surface area contributed by atoms with Crippen molar-refractivity contribution in [1.29, 1.82) is 0 Å². The lowest BCUT2D eigenvalue weighted by Crippen LogP contribution is -2.52. The first kappa shape index (κ1) is 19.8. The fraction of sp³-hybridized carbons (Fsp3) is 0.562. The molecule has 23 heavy (non-hydrogen) atoms. The van der Waals surface area contributed by atoms with Gasteiger partial charge in [-0.2, -0.15) is 0 Å². The lowest BCUT2D eigenvalue weighted by molar-refractivity contribution is 0.0600. The van der Waals surface area contributed by atoms with Gasteiger partial charge in [-0.15, -0.1) is 12.4 Å². The number of nitrogens with one attached hydrogen (secondary N) is 1. The molecule has 130 valence electrons. The van der Waals surface area contributed by atoms with E-state index in [9.17, 15) is 9.18 Å². The predicted octanol–water partition coefficient (Wildman–Crippen LogP) is 1.84. The monoisotopic (exact) mass is 346 g/mol. The first-order valence-corrected chi connectivity index (χ1v) is 7.50. The molecule has 0 bridgehead atoms. The third-order valence-electron chi connectivity index (χ3n) is 3.74. The second-order valence-corrected chi connectivity index (χ2v) is 5.40. The van der Waals surface area contributed by atoms with E-state index >= 15 is 0 Å². The van der Waals surface area contributed by atoms with Gasteiger partial charge in [0, 0.05) is 43.9 Å². The van der Waals surface area contributed by atoms with Crippen molar-refractivity contribution in [3.63, 3.8) is 0 Å². The highest BCUT2D eigenvalue weighted by Gasteiger charge is 2.24. The Kier molecular flexibility index (Phi) is 8.47. The number of halogens is 2. The number of hydrogen-bond donors (Lipinski definition) is 1. The highest BCUT2D eigenvalue weighted by molar-refractivity contribution is 5.94. The minimum Gasteiger partial charge on any atom is -0.382 e. The van der Waals surface area contributed by atoms with Gasteiger partial charge < -0.3 is 19.7 Å². The van der Waals surface area contributed by atoms with Gasteiger partial charge in [-0.1, -0.05) is 0 Å². The van der Waals surface area contributed by atoms with Crippen LogP contribution < -0.4 is 5.32 Å². The molecule has 1 fully saturated rings. The Morgan fingerprint density at radius 2 is 2.22 bits per heavy atom. The van der Waals surface area contributed by atoms with Crippen LogP contribution in [0.2, 0.25) is 0 Å². The zero-order chi connectivity index (χ0) is 15.9. The first-order chi connectivity index (χ1) is 10.6. The number of amides is 1. The Balaban J connectivity index is 0.00000264. The van der Waals surface area contributed by atoms with E-state index in [1.54, 1.807) is 13.2 Å². The summed E-state index contributed by atoms with van der Waals surface area (Å²) in [5.74, 6) is -0.422. The average Bonchev–Trinajstić information content (AvgIpc) is 2.53. The molecule has 1 heterocycles. The van der Waals surface area contributed by atoms with E-state index in [1.807, 2.05) is 11.8 Å². The van der Waals surface area contributed by atoms with Gasteiger partial charge in [0.1, 0.15) is 5.82 Å². The highest BCUT2D eigenvalue weighted by atomic mass is 35.5. The van der Waals surface area contributed by atoms with Crippen molar-refractivity contribution in [2.24, 2.45) is 0 Å². The van der Waals surface area contributed by atoms with Crippen LogP contribution in [-0.2, 0) is 16.1 Å². The second-order valence-electron chi connectivity index (χ2n) is 5.40. The molecule has 2 rings (SSSR count). The Labute approximate surface area is 142 Å². The molecule has 1 atom stereocenters. The third-order valence-corrected chi connectivity index (χ3v) is 3.74. The van der Waals surface area contributed by atoms with Crippen LogP contribution >= 0.6 is 12.4 Å². The summed E-state index contributed by atoms with van der Waals surface area (Å²) in [5.41, 5.74) is 0.894. The minimum absolute atomic E-state index is 0. The van der Waals surface area contributed by atoms with Crippen molar-refractivity contribution >= 4 is 18.3 Å². The molecule has 5 nitrogen and oxygen atoms in total. The minimum atomic E-state index is -0.359. The van der Waals surface area contributed by atoms with Gasteiger partial charge in [0.15, 0.2) is 0 Å². The molecule has 1 aromatic carbocycles. The van der Waals surface area contributed by atoms with Crippen molar-refractivity contribution in [3.8, 4) is 0 Å². The standard InChI is InChI=1S/C16H23FN2O3.ClH/c1-12-10-18-5-6-19(12)16(20)13-3-4-15(17)14(9-13)11-22-8-7-21-2;/h3-4,9,12,18H,5-8,10-11H2,1-2H3;1H/t12-;/m0./s1. The number of rotatable bonds is 6. The van der Waals surface area contributed by atoms with Crippen LogP contribution in [0.1, 0.15) is 22.8 Å². The highest BCUT2D eigenvalue weighted by Crippen LogP contribution is 2.16. The normalized spacial score (nSPS) is 17.7. The van der Waals surface area contributed by atoms with E-state index in [1.165, 1.54) is 12.1 Å². The number of carbonyl (C=O) groups excluding carboxylic acids is 1. The molecule has 1 aliphatic rings. The van der Waals surface area contributed by atoms with E-state index in [0.717, 1.165) is 13.1 Å². The third kappa shape index (κ3) is 5.42. The van der Waals surface area contributed by atoms with Gasteiger partial charge in [0.05, 0.1) is 19.8 Å². The summed E-state index contributed by atoms with van der Waals surface area (Å²) in [6.07, 6.45) is 0. The molecular weight excluding hydrogens is 323 g/mol. The smallest absolute Gasteiger partial charge is 0.254 e. The number of hydrogen-bond acceptors (Lipinski definition) is 4. The number of piperazine rings is 1. The fourth-order valence-electron chi connectivity index (χ4n) is 2.45. The molecule has 0 aromatic heterocycles. The molecule has 1 aromatic rings. The lowest BCUT2D eigenvalue weighted by atomic mass is 10.1. The SMILES string of the molecule is COCCOCc1cc(C(=O)N2CCNC[C@@H]2C)ccc1F.Cl. The van der Waals surface area contributed by atoms with Crippen LogP contribution in [0, 0.1) is 5.82 Å². The summed E-state index contributed by atoms with van der Waals surface area (Å²) in [6, 6.07) is 4.58. The van der Waals surface area contributed by atoms with Gasteiger partial charge in [-0.05, 0) is 25.1 Å². The zero-order valence-corrected chi connectivity index (χ0v) is 14.3. The number of nitrogens with zero attached hydrogens (tertiary/aromatic N) is 1. The Bertz CT molecular complexity index is 516. The maximum atomic E-state index is 13.8. The van der Waals surface area contributed by atoms with Crippen LogP contribution in [0.3, 0.4) is 0 Å². The number of carbonyl (C=O) groups is 1. The molecule has 1 aliphatic heterocycles. The van der Waals surface area contributed by atoms with E-state index in [0.29, 0.717) is 30.9 Å². The van der Waals surface area contributed by atoms with Crippen molar-refractivity contribution in [2.75, 3.05) is 40.0 Å². The van der Waals surface area contributed by atoms with Crippen molar-refractivity contribution in [3.05, 3.63) is 35.1 Å².